The second-order valence-corrected chi connectivity index (χ2v) is 4.59. The number of rotatable bonds is 6. The number of hydrogen-bond acceptors (Lipinski definition) is 7. The van der Waals surface area contributed by atoms with E-state index >= 15 is 0 Å². The monoisotopic (exact) mass is 283 g/mol. The Bertz CT molecular complexity index is 582. The third-order valence-corrected chi connectivity index (χ3v) is 3.44. The van der Waals surface area contributed by atoms with E-state index in [4.69, 9.17) is 9.47 Å². The summed E-state index contributed by atoms with van der Waals surface area (Å²) < 4.78 is 10.8. The fourth-order valence-electron chi connectivity index (χ4n) is 1.70. The lowest BCUT2D eigenvalue weighted by atomic mass is 10.2. The fraction of sp³-hybridized carbons (Fsp3) is 0.364. The van der Waals surface area contributed by atoms with Crippen molar-refractivity contribution in [1.82, 2.24) is 4.98 Å². The minimum Gasteiger partial charge on any atom is -0.374 e. The molecule has 0 atom stereocenters. The second-order valence-electron chi connectivity index (χ2n) is 3.70. The van der Waals surface area contributed by atoms with Gasteiger partial charge in [-0.3, -0.25) is 10.1 Å². The van der Waals surface area contributed by atoms with Gasteiger partial charge in [-0.2, -0.15) is 0 Å². The lowest BCUT2D eigenvalue weighted by Gasteiger charge is -2.14. The quantitative estimate of drug-likeness (QED) is 0.497. The van der Waals surface area contributed by atoms with Gasteiger partial charge < -0.3 is 14.8 Å². The van der Waals surface area contributed by atoms with Gasteiger partial charge in [-0.05, 0) is 12.1 Å². The first-order valence-corrected chi connectivity index (χ1v) is 6.35. The van der Waals surface area contributed by atoms with Gasteiger partial charge in [-0.15, -0.1) is 11.3 Å². The number of anilines is 1. The summed E-state index contributed by atoms with van der Waals surface area (Å²) in [6, 6.07) is 3.47. The number of hydrogen-bond donors (Lipinski definition) is 1. The molecule has 0 saturated carbocycles. The van der Waals surface area contributed by atoms with Crippen LogP contribution in [0.1, 0.15) is 0 Å². The molecule has 8 heteroatoms. The Balaban J connectivity index is 2.31. The van der Waals surface area contributed by atoms with Crippen molar-refractivity contribution in [3.63, 3.8) is 0 Å². The minimum absolute atomic E-state index is 0.0234. The molecule has 0 aliphatic rings. The Hall–Kier alpha value is -1.77. The van der Waals surface area contributed by atoms with Crippen LogP contribution >= 0.6 is 11.3 Å². The van der Waals surface area contributed by atoms with Crippen LogP contribution in [0, 0.1) is 10.1 Å². The first-order chi connectivity index (χ1) is 9.17. The first kappa shape index (κ1) is 13.7. The summed E-state index contributed by atoms with van der Waals surface area (Å²) in [6.07, 6.45) is -0.467. The Kier molecular flexibility index (Phi) is 4.25. The molecule has 0 aliphatic heterocycles. The van der Waals surface area contributed by atoms with Gasteiger partial charge in [0.15, 0.2) is 11.8 Å². The molecule has 0 aliphatic carbocycles. The van der Waals surface area contributed by atoms with E-state index in [9.17, 15) is 10.1 Å². The van der Waals surface area contributed by atoms with E-state index in [1.165, 1.54) is 25.6 Å². The van der Waals surface area contributed by atoms with Crippen molar-refractivity contribution in [2.45, 2.75) is 6.29 Å². The predicted octanol–water partition coefficient (Wildman–Crippen LogP) is 2.24. The number of benzene rings is 1. The van der Waals surface area contributed by atoms with Crippen LogP contribution < -0.4 is 5.32 Å². The maximum absolute atomic E-state index is 11.2. The van der Waals surface area contributed by atoms with Crippen molar-refractivity contribution >= 4 is 32.9 Å². The highest BCUT2D eigenvalue weighted by Crippen LogP contribution is 2.34. The number of nitrogens with zero attached hydrogens (tertiary/aromatic N) is 2. The molecule has 102 valence electrons. The number of aromatic nitrogens is 1. The molecule has 1 heterocycles. The molecule has 2 rings (SSSR count). The zero-order valence-corrected chi connectivity index (χ0v) is 11.3. The summed E-state index contributed by atoms with van der Waals surface area (Å²) in [6.45, 7) is 0.309. The van der Waals surface area contributed by atoms with E-state index in [1.54, 1.807) is 17.6 Å². The maximum atomic E-state index is 11.2. The van der Waals surface area contributed by atoms with Crippen LogP contribution in [0.15, 0.2) is 17.6 Å². The molecule has 0 bridgehead atoms. The molecule has 0 unspecified atom stereocenters. The van der Waals surface area contributed by atoms with Gasteiger partial charge in [0, 0.05) is 14.2 Å². The molecule has 19 heavy (non-hydrogen) atoms. The summed E-state index contributed by atoms with van der Waals surface area (Å²) in [5.74, 6) is 0. The average Bonchev–Trinajstić information content (AvgIpc) is 2.87. The molecule has 1 aromatic carbocycles. The minimum atomic E-state index is -0.467. The van der Waals surface area contributed by atoms with Crippen molar-refractivity contribution in [2.75, 3.05) is 26.1 Å². The Morgan fingerprint density at radius 1 is 1.47 bits per heavy atom. The Labute approximate surface area is 113 Å². The highest BCUT2D eigenvalue weighted by molar-refractivity contribution is 7.16. The first-order valence-electron chi connectivity index (χ1n) is 5.47. The van der Waals surface area contributed by atoms with Gasteiger partial charge in [-0.25, -0.2) is 4.98 Å². The number of nitro groups is 1. The van der Waals surface area contributed by atoms with E-state index in [-0.39, 0.29) is 5.69 Å². The number of thiazole rings is 1. The van der Waals surface area contributed by atoms with Crippen LogP contribution in [0.5, 0.6) is 0 Å². The molecule has 0 radical (unpaired) electrons. The summed E-state index contributed by atoms with van der Waals surface area (Å²) in [4.78, 5) is 14.8. The maximum Gasteiger partial charge on any atom is 0.319 e. The van der Waals surface area contributed by atoms with Crippen molar-refractivity contribution in [2.24, 2.45) is 0 Å². The molecule has 1 N–H and O–H groups in total. The third kappa shape index (κ3) is 2.80. The van der Waals surface area contributed by atoms with Crippen LogP contribution in [-0.4, -0.2) is 37.0 Å². The van der Waals surface area contributed by atoms with E-state index in [1.807, 2.05) is 0 Å². The molecule has 0 amide bonds. The van der Waals surface area contributed by atoms with Gasteiger partial charge >= 0.3 is 5.69 Å². The number of nitro benzene ring substituents is 1. The normalized spacial score (nSPS) is 11.1. The van der Waals surface area contributed by atoms with Crippen LogP contribution in [0.4, 0.5) is 11.4 Å². The smallest absolute Gasteiger partial charge is 0.319 e. The molecule has 0 fully saturated rings. The summed E-state index contributed by atoms with van der Waals surface area (Å²) >= 11 is 1.37. The van der Waals surface area contributed by atoms with Crippen molar-refractivity contribution < 1.29 is 14.4 Å². The molecule has 0 saturated heterocycles. The largest absolute Gasteiger partial charge is 0.374 e. The van der Waals surface area contributed by atoms with Gasteiger partial charge in [0.05, 0.1) is 21.7 Å². The number of ether oxygens (including phenoxy) is 2. The lowest BCUT2D eigenvalue weighted by Crippen LogP contribution is -2.23. The fourth-order valence-corrected chi connectivity index (χ4v) is 2.38. The highest BCUT2D eigenvalue weighted by atomic mass is 32.1. The van der Waals surface area contributed by atoms with Gasteiger partial charge in [0.1, 0.15) is 5.69 Å². The number of fused-ring (bicyclic) bond motifs is 1. The van der Waals surface area contributed by atoms with E-state index in [0.29, 0.717) is 17.7 Å². The Morgan fingerprint density at radius 3 is 2.84 bits per heavy atom. The molecule has 7 nitrogen and oxygen atoms in total. The zero-order valence-electron chi connectivity index (χ0n) is 10.5. The van der Waals surface area contributed by atoms with Gasteiger partial charge in [-0.1, -0.05) is 0 Å². The van der Waals surface area contributed by atoms with Crippen LogP contribution in [-0.2, 0) is 9.47 Å². The topological polar surface area (TPSA) is 86.5 Å². The molecule has 0 spiro atoms. The lowest BCUT2D eigenvalue weighted by molar-refractivity contribution is -0.382. The SMILES string of the molecule is COC(CNc1ccc2scnc2c1[N+](=O)[O-])OC. The second kappa shape index (κ2) is 5.91. The van der Waals surface area contributed by atoms with E-state index < -0.39 is 11.2 Å². The number of nitrogens with one attached hydrogen (secondary N) is 1. The van der Waals surface area contributed by atoms with E-state index in [2.05, 4.69) is 10.3 Å². The van der Waals surface area contributed by atoms with Crippen molar-refractivity contribution in [1.29, 1.82) is 0 Å². The van der Waals surface area contributed by atoms with Gasteiger partial charge in [0.2, 0.25) is 0 Å². The average molecular weight is 283 g/mol. The molecular weight excluding hydrogens is 270 g/mol. The van der Waals surface area contributed by atoms with Crippen LogP contribution in [0.2, 0.25) is 0 Å². The zero-order chi connectivity index (χ0) is 13.8. The van der Waals surface area contributed by atoms with E-state index in [0.717, 1.165) is 4.70 Å². The summed E-state index contributed by atoms with van der Waals surface area (Å²) in [7, 11) is 3.02. The van der Waals surface area contributed by atoms with Crippen molar-refractivity contribution in [3.05, 3.63) is 27.8 Å². The molecular formula is C11H13N3O4S. The number of methoxy groups -OCH3 is 2. The third-order valence-electron chi connectivity index (χ3n) is 2.64. The Morgan fingerprint density at radius 2 is 2.21 bits per heavy atom. The summed E-state index contributed by atoms with van der Waals surface area (Å²) in [5, 5.41) is 14.1. The predicted molar refractivity (Wildman–Crippen MR) is 72.6 cm³/mol. The molecule has 1 aromatic heterocycles. The van der Waals surface area contributed by atoms with Crippen LogP contribution in [0.3, 0.4) is 0 Å². The summed E-state index contributed by atoms with van der Waals surface area (Å²) in [5.41, 5.74) is 2.37. The van der Waals surface area contributed by atoms with Gasteiger partial charge in [0.25, 0.3) is 0 Å². The molecule has 2 aromatic rings. The van der Waals surface area contributed by atoms with Crippen molar-refractivity contribution in [3.8, 4) is 0 Å². The highest BCUT2D eigenvalue weighted by Gasteiger charge is 2.21. The van der Waals surface area contributed by atoms with Crippen LogP contribution in [0.25, 0.3) is 10.2 Å². The standard InChI is InChI=1S/C11H13N3O4S/c1-17-9(18-2)5-12-7-3-4-8-10(13-6-19-8)11(7)14(15)16/h3-4,6,9,12H,5H2,1-2H3.